The first-order chi connectivity index (χ1) is 23.9. The lowest BCUT2D eigenvalue weighted by Crippen LogP contribution is -2.46. The minimum absolute atomic E-state index is 0.113. The van der Waals surface area contributed by atoms with Gasteiger partial charge in [-0.3, -0.25) is 9.59 Å². The lowest BCUT2D eigenvalue weighted by atomic mass is 9.98. The SMILES string of the molecule is CCCCCCCC(=O)SCCC=C[C@H](CC(=O)OCC[Si](C)(C)C)OC(=O)[C@@H](NC(=O)OCC1c2ccccc2-c2ccccc21)C(C)C. The summed E-state index contributed by atoms with van der Waals surface area (Å²) in [4.78, 5) is 51.5. The van der Waals surface area contributed by atoms with Crippen LogP contribution in [0.4, 0.5) is 4.79 Å². The smallest absolute Gasteiger partial charge is 0.407 e. The molecule has 2 aromatic carbocycles. The molecule has 274 valence electrons. The summed E-state index contributed by atoms with van der Waals surface area (Å²) in [5.41, 5.74) is 4.44. The molecule has 8 nitrogen and oxygen atoms in total. The largest absolute Gasteiger partial charge is 0.466 e. The second-order valence-electron chi connectivity index (χ2n) is 14.5. The summed E-state index contributed by atoms with van der Waals surface area (Å²) in [5.74, 6) is -0.933. The maximum absolute atomic E-state index is 13.5. The van der Waals surface area contributed by atoms with Gasteiger partial charge in [-0.25, -0.2) is 9.59 Å². The Morgan fingerprint density at radius 2 is 1.54 bits per heavy atom. The zero-order chi connectivity index (χ0) is 36.5. The topological polar surface area (TPSA) is 108 Å². The van der Waals surface area contributed by atoms with E-state index in [0.29, 0.717) is 25.2 Å². The Morgan fingerprint density at radius 3 is 2.16 bits per heavy atom. The summed E-state index contributed by atoms with van der Waals surface area (Å²) < 4.78 is 17.0. The van der Waals surface area contributed by atoms with Gasteiger partial charge in [0.05, 0.1) is 13.0 Å². The van der Waals surface area contributed by atoms with E-state index in [4.69, 9.17) is 14.2 Å². The number of carbonyl (C=O) groups excluding carboxylic acids is 4. The molecule has 1 N–H and O–H groups in total. The molecule has 0 bridgehead atoms. The summed E-state index contributed by atoms with van der Waals surface area (Å²) in [6, 6.07) is 16.0. The van der Waals surface area contributed by atoms with E-state index in [2.05, 4.69) is 44.0 Å². The molecule has 50 heavy (non-hydrogen) atoms. The van der Waals surface area contributed by atoms with Crippen molar-refractivity contribution in [2.24, 2.45) is 5.92 Å². The number of nitrogens with one attached hydrogen (secondary N) is 1. The Bertz CT molecular complexity index is 1390. The number of rotatable bonds is 21. The molecule has 1 aliphatic carbocycles. The van der Waals surface area contributed by atoms with E-state index in [1.54, 1.807) is 6.08 Å². The standard InChI is InChI=1S/C40H57NO7SSi/c1-7-8-9-10-11-23-37(43)49-25-17-16-18-30(27-36(42)46-24-26-50(4,5)6)48-39(44)38(29(2)3)41-40(45)47-28-35-33-21-14-12-19-31(33)32-20-13-15-22-34(32)35/h12-16,18-22,29-30,35,38H,7-11,17,23-28H2,1-6H3,(H,41,45)/t30-,38+/m1/s1. The van der Waals surface area contributed by atoms with Gasteiger partial charge in [-0.05, 0) is 53.1 Å². The highest BCUT2D eigenvalue weighted by Crippen LogP contribution is 2.44. The lowest BCUT2D eigenvalue weighted by molar-refractivity contribution is -0.155. The van der Waals surface area contributed by atoms with Crippen molar-refractivity contribution in [3.63, 3.8) is 0 Å². The quantitative estimate of drug-likeness (QED) is 0.0447. The number of fused-ring (bicyclic) bond motifs is 3. The van der Waals surface area contributed by atoms with Gasteiger partial charge in [-0.15, -0.1) is 0 Å². The first-order valence-electron chi connectivity index (χ1n) is 18.2. The van der Waals surface area contributed by atoms with Crippen LogP contribution in [0.15, 0.2) is 60.7 Å². The molecule has 0 aliphatic heterocycles. The molecular weight excluding hydrogens is 667 g/mol. The summed E-state index contributed by atoms with van der Waals surface area (Å²) in [7, 11) is -1.40. The molecule has 3 rings (SSSR count). The fourth-order valence-electron chi connectivity index (χ4n) is 5.76. The highest BCUT2D eigenvalue weighted by Gasteiger charge is 2.32. The van der Waals surface area contributed by atoms with Gasteiger partial charge in [0.2, 0.25) is 0 Å². The van der Waals surface area contributed by atoms with E-state index in [1.165, 1.54) is 24.6 Å². The van der Waals surface area contributed by atoms with Crippen molar-refractivity contribution < 1.29 is 33.4 Å². The minimum Gasteiger partial charge on any atom is -0.466 e. The number of alkyl carbamates (subject to hydrolysis) is 1. The fraction of sp³-hybridized carbons (Fsp3) is 0.550. The molecule has 0 radical (unpaired) electrons. The van der Waals surface area contributed by atoms with Crippen LogP contribution < -0.4 is 5.32 Å². The van der Waals surface area contributed by atoms with Gasteiger partial charge < -0.3 is 19.5 Å². The van der Waals surface area contributed by atoms with E-state index in [0.717, 1.165) is 47.6 Å². The number of benzene rings is 2. The molecule has 1 aliphatic rings. The molecule has 0 unspecified atom stereocenters. The van der Waals surface area contributed by atoms with Crippen LogP contribution in [0.5, 0.6) is 0 Å². The highest BCUT2D eigenvalue weighted by atomic mass is 32.2. The van der Waals surface area contributed by atoms with E-state index in [1.807, 2.05) is 56.3 Å². The molecule has 0 aromatic heterocycles. The van der Waals surface area contributed by atoms with Crippen molar-refractivity contribution in [2.45, 2.75) is 116 Å². The molecule has 2 atom stereocenters. The van der Waals surface area contributed by atoms with E-state index in [9.17, 15) is 19.2 Å². The molecule has 0 saturated heterocycles. The number of unbranched alkanes of at least 4 members (excludes halogenated alkanes) is 4. The van der Waals surface area contributed by atoms with Crippen molar-refractivity contribution in [3.8, 4) is 11.1 Å². The Morgan fingerprint density at radius 1 is 0.900 bits per heavy atom. The third-order valence-electron chi connectivity index (χ3n) is 8.67. The first kappa shape index (κ1) is 41.1. The number of allylic oxidation sites excluding steroid dienone is 1. The van der Waals surface area contributed by atoms with Gasteiger partial charge >= 0.3 is 18.0 Å². The van der Waals surface area contributed by atoms with E-state index >= 15 is 0 Å². The second kappa shape index (κ2) is 21.1. The minimum atomic E-state index is -1.40. The van der Waals surface area contributed by atoms with Crippen LogP contribution in [-0.2, 0) is 28.6 Å². The summed E-state index contributed by atoms with van der Waals surface area (Å²) in [6.07, 6.45) is 8.46. The Labute approximate surface area is 304 Å². The number of carbonyl (C=O) groups is 4. The van der Waals surface area contributed by atoms with Gasteiger partial charge in [-0.1, -0.05) is 132 Å². The average molecular weight is 724 g/mol. The lowest BCUT2D eigenvalue weighted by Gasteiger charge is -2.24. The van der Waals surface area contributed by atoms with Gasteiger partial charge in [0.25, 0.3) is 0 Å². The van der Waals surface area contributed by atoms with Crippen LogP contribution in [0.2, 0.25) is 25.7 Å². The van der Waals surface area contributed by atoms with Gasteiger partial charge in [0.1, 0.15) is 18.8 Å². The van der Waals surface area contributed by atoms with Crippen molar-refractivity contribution in [2.75, 3.05) is 19.0 Å². The first-order valence-corrected chi connectivity index (χ1v) is 22.9. The number of ether oxygens (including phenoxy) is 3. The van der Waals surface area contributed by atoms with E-state index in [-0.39, 0.29) is 30.0 Å². The molecule has 0 heterocycles. The monoisotopic (exact) mass is 723 g/mol. The Balaban J connectivity index is 1.57. The van der Waals surface area contributed by atoms with Crippen LogP contribution in [0.25, 0.3) is 11.1 Å². The second-order valence-corrected chi connectivity index (χ2v) is 21.3. The van der Waals surface area contributed by atoms with Crippen LogP contribution >= 0.6 is 11.8 Å². The predicted molar refractivity (Wildman–Crippen MR) is 205 cm³/mol. The van der Waals surface area contributed by atoms with Crippen molar-refractivity contribution >= 4 is 43.0 Å². The zero-order valence-electron chi connectivity index (χ0n) is 30.8. The highest BCUT2D eigenvalue weighted by molar-refractivity contribution is 8.13. The van der Waals surface area contributed by atoms with Crippen LogP contribution in [0.3, 0.4) is 0 Å². The Kier molecular flexibility index (Phi) is 17.3. The van der Waals surface area contributed by atoms with Crippen molar-refractivity contribution in [1.82, 2.24) is 5.32 Å². The third-order valence-corrected chi connectivity index (χ3v) is 11.3. The average Bonchev–Trinajstić information content (AvgIpc) is 3.38. The fourth-order valence-corrected chi connectivity index (χ4v) is 7.25. The maximum Gasteiger partial charge on any atom is 0.407 e. The van der Waals surface area contributed by atoms with Gasteiger partial charge in [-0.2, -0.15) is 0 Å². The number of amides is 1. The molecule has 1 amide bonds. The zero-order valence-corrected chi connectivity index (χ0v) is 32.7. The van der Waals surface area contributed by atoms with Gasteiger partial charge in [0.15, 0.2) is 5.12 Å². The van der Waals surface area contributed by atoms with Gasteiger partial charge in [0, 0.05) is 26.2 Å². The molecular formula is C40H57NO7SSi. The van der Waals surface area contributed by atoms with E-state index < -0.39 is 38.3 Å². The predicted octanol–water partition coefficient (Wildman–Crippen LogP) is 9.30. The van der Waals surface area contributed by atoms with Crippen LogP contribution in [0.1, 0.15) is 89.2 Å². The van der Waals surface area contributed by atoms with Crippen molar-refractivity contribution in [3.05, 3.63) is 71.8 Å². The number of hydrogen-bond acceptors (Lipinski definition) is 8. The molecule has 2 aromatic rings. The Hall–Kier alpha value is -3.37. The van der Waals surface area contributed by atoms with Crippen molar-refractivity contribution in [1.29, 1.82) is 0 Å². The summed E-state index contributed by atoms with van der Waals surface area (Å²) >= 11 is 1.31. The summed E-state index contributed by atoms with van der Waals surface area (Å²) in [5, 5.41) is 2.89. The molecule has 10 heteroatoms. The third kappa shape index (κ3) is 14.1. The van der Waals surface area contributed by atoms with Crippen LogP contribution in [0, 0.1) is 5.92 Å². The van der Waals surface area contributed by atoms with Crippen LogP contribution in [-0.4, -0.2) is 62.3 Å². The summed E-state index contributed by atoms with van der Waals surface area (Å²) in [6.45, 7) is 12.9. The maximum atomic E-state index is 13.5. The molecule has 0 saturated carbocycles. The molecule has 0 spiro atoms. The number of hydrogen-bond donors (Lipinski definition) is 1. The number of esters is 2. The number of thioether (sulfide) groups is 1. The normalized spacial score (nSPS) is 13.8. The molecule has 0 fully saturated rings.